The molecular weight excluding hydrogens is 238 g/mol. The number of aromatic nitrogens is 2. The molecule has 0 spiro atoms. The van der Waals surface area contributed by atoms with Crippen molar-refractivity contribution in [2.45, 2.75) is 27.2 Å². The Bertz CT molecular complexity index is 324. The van der Waals surface area contributed by atoms with E-state index in [4.69, 9.17) is 16.3 Å². The van der Waals surface area contributed by atoms with E-state index in [1.165, 1.54) is 0 Å². The fourth-order valence-corrected chi connectivity index (χ4v) is 1.52. The lowest BCUT2D eigenvalue weighted by Gasteiger charge is -2.08. The maximum Gasteiger partial charge on any atom is 0.224 e. The summed E-state index contributed by atoms with van der Waals surface area (Å²) in [7, 11) is 0. The molecule has 0 radical (unpaired) electrons. The van der Waals surface area contributed by atoms with Crippen LogP contribution in [0.1, 0.15) is 26.0 Å². The molecule has 0 aliphatic rings. The van der Waals surface area contributed by atoms with Crippen molar-refractivity contribution in [3.05, 3.63) is 17.0 Å². The van der Waals surface area contributed by atoms with Crippen LogP contribution < -0.4 is 5.32 Å². The molecule has 0 bridgehead atoms. The van der Waals surface area contributed by atoms with Crippen molar-refractivity contribution >= 4 is 17.4 Å². The quantitative estimate of drug-likeness (QED) is 0.603. The Hall–Kier alpha value is -0.870. The summed E-state index contributed by atoms with van der Waals surface area (Å²) in [6.45, 7) is 8.47. The van der Waals surface area contributed by atoms with E-state index in [2.05, 4.69) is 29.1 Å². The highest BCUT2D eigenvalue weighted by Gasteiger charge is 1.99. The van der Waals surface area contributed by atoms with Crippen LogP contribution in [0.15, 0.2) is 6.07 Å². The van der Waals surface area contributed by atoms with Gasteiger partial charge in [0.25, 0.3) is 0 Å². The van der Waals surface area contributed by atoms with Gasteiger partial charge in [0.15, 0.2) is 0 Å². The number of anilines is 1. The van der Waals surface area contributed by atoms with Crippen molar-refractivity contribution in [2.75, 3.05) is 25.1 Å². The van der Waals surface area contributed by atoms with Crippen molar-refractivity contribution in [2.24, 2.45) is 5.92 Å². The first-order chi connectivity index (χ1) is 8.08. The van der Waals surface area contributed by atoms with E-state index < -0.39 is 0 Å². The standard InChI is InChI=1S/C12H20ClN3O/c1-9(2)4-6-17-7-5-14-11-8-10(3)15-12(13)16-11/h8-9H,4-7H2,1-3H3,(H,14,15,16). The van der Waals surface area contributed by atoms with Gasteiger partial charge in [-0.25, -0.2) is 9.97 Å². The van der Waals surface area contributed by atoms with Crippen molar-refractivity contribution in [3.8, 4) is 0 Å². The Morgan fingerprint density at radius 1 is 1.35 bits per heavy atom. The maximum absolute atomic E-state index is 5.75. The fourth-order valence-electron chi connectivity index (χ4n) is 1.30. The van der Waals surface area contributed by atoms with Crippen LogP contribution in [0.5, 0.6) is 0 Å². The first-order valence-corrected chi connectivity index (χ1v) is 6.28. The zero-order valence-corrected chi connectivity index (χ0v) is 11.4. The Morgan fingerprint density at radius 2 is 2.12 bits per heavy atom. The third-order valence-corrected chi connectivity index (χ3v) is 2.39. The highest BCUT2D eigenvalue weighted by molar-refractivity contribution is 6.28. The summed E-state index contributed by atoms with van der Waals surface area (Å²) < 4.78 is 5.49. The molecule has 1 N–H and O–H groups in total. The van der Waals surface area contributed by atoms with Gasteiger partial charge in [-0.3, -0.25) is 0 Å². The van der Waals surface area contributed by atoms with Crippen LogP contribution in [0.25, 0.3) is 0 Å². The number of nitrogens with zero attached hydrogens (tertiary/aromatic N) is 2. The second kappa shape index (κ2) is 7.45. The number of rotatable bonds is 7. The highest BCUT2D eigenvalue weighted by Crippen LogP contribution is 2.09. The number of nitrogens with one attached hydrogen (secondary N) is 1. The molecule has 0 fully saturated rings. The summed E-state index contributed by atoms with van der Waals surface area (Å²) in [4.78, 5) is 8.06. The van der Waals surface area contributed by atoms with Gasteiger partial charge in [0.05, 0.1) is 6.61 Å². The van der Waals surface area contributed by atoms with E-state index in [-0.39, 0.29) is 5.28 Å². The van der Waals surface area contributed by atoms with Crippen molar-refractivity contribution < 1.29 is 4.74 Å². The van der Waals surface area contributed by atoms with Gasteiger partial charge in [-0.05, 0) is 30.9 Å². The van der Waals surface area contributed by atoms with E-state index in [9.17, 15) is 0 Å². The van der Waals surface area contributed by atoms with Gasteiger partial charge in [0.1, 0.15) is 5.82 Å². The van der Waals surface area contributed by atoms with E-state index in [0.29, 0.717) is 12.5 Å². The van der Waals surface area contributed by atoms with Crippen molar-refractivity contribution in [1.29, 1.82) is 0 Å². The largest absolute Gasteiger partial charge is 0.380 e. The molecule has 1 aromatic heterocycles. The number of hydrogen-bond acceptors (Lipinski definition) is 4. The topological polar surface area (TPSA) is 47.0 Å². The number of hydrogen-bond donors (Lipinski definition) is 1. The molecule has 5 heteroatoms. The highest BCUT2D eigenvalue weighted by atomic mass is 35.5. The molecule has 1 aromatic rings. The van der Waals surface area contributed by atoms with E-state index >= 15 is 0 Å². The molecule has 1 heterocycles. The molecule has 0 aliphatic carbocycles. The molecule has 0 aliphatic heterocycles. The summed E-state index contributed by atoms with van der Waals surface area (Å²) in [5.41, 5.74) is 0.855. The number of aryl methyl sites for hydroxylation is 1. The average Bonchev–Trinajstić information content (AvgIpc) is 2.21. The molecule has 0 aromatic carbocycles. The zero-order valence-electron chi connectivity index (χ0n) is 10.7. The molecule has 0 atom stereocenters. The normalized spacial score (nSPS) is 10.9. The zero-order chi connectivity index (χ0) is 12.7. The molecule has 96 valence electrons. The minimum atomic E-state index is 0.272. The third kappa shape index (κ3) is 6.44. The predicted octanol–water partition coefficient (Wildman–Crippen LogP) is 2.91. The molecule has 0 saturated heterocycles. The fraction of sp³-hybridized carbons (Fsp3) is 0.667. The SMILES string of the molecule is Cc1cc(NCCOCCC(C)C)nc(Cl)n1. The lowest BCUT2D eigenvalue weighted by molar-refractivity contribution is 0.132. The third-order valence-electron chi connectivity index (χ3n) is 2.22. The van der Waals surface area contributed by atoms with E-state index in [0.717, 1.165) is 31.1 Å². The average molecular weight is 258 g/mol. The lowest BCUT2D eigenvalue weighted by atomic mass is 10.1. The summed E-state index contributed by atoms with van der Waals surface area (Å²) >= 11 is 5.75. The van der Waals surface area contributed by atoms with Crippen LogP contribution in [0.3, 0.4) is 0 Å². The van der Waals surface area contributed by atoms with Crippen LogP contribution in [-0.2, 0) is 4.74 Å². The van der Waals surface area contributed by atoms with Crippen LogP contribution in [0.4, 0.5) is 5.82 Å². The minimum absolute atomic E-state index is 0.272. The van der Waals surface area contributed by atoms with E-state index in [1.807, 2.05) is 13.0 Å². The van der Waals surface area contributed by atoms with Crippen LogP contribution in [0.2, 0.25) is 5.28 Å². The summed E-state index contributed by atoms with van der Waals surface area (Å²) in [5, 5.41) is 3.43. The Morgan fingerprint density at radius 3 is 2.76 bits per heavy atom. The lowest BCUT2D eigenvalue weighted by Crippen LogP contribution is -2.12. The van der Waals surface area contributed by atoms with Crippen LogP contribution in [-0.4, -0.2) is 29.7 Å². The predicted molar refractivity (Wildman–Crippen MR) is 70.5 cm³/mol. The summed E-state index contributed by atoms with van der Waals surface area (Å²) in [6, 6.07) is 1.86. The molecule has 0 amide bonds. The Balaban J connectivity index is 2.18. The van der Waals surface area contributed by atoms with E-state index in [1.54, 1.807) is 0 Å². The molecule has 17 heavy (non-hydrogen) atoms. The van der Waals surface area contributed by atoms with Gasteiger partial charge < -0.3 is 10.1 Å². The maximum atomic E-state index is 5.75. The van der Waals surface area contributed by atoms with Gasteiger partial charge in [-0.2, -0.15) is 0 Å². The second-order valence-corrected chi connectivity index (χ2v) is 4.72. The summed E-state index contributed by atoms with van der Waals surface area (Å²) in [6.07, 6.45) is 1.10. The smallest absolute Gasteiger partial charge is 0.224 e. The van der Waals surface area contributed by atoms with Crippen LogP contribution >= 0.6 is 11.6 Å². The van der Waals surface area contributed by atoms with Crippen molar-refractivity contribution in [1.82, 2.24) is 9.97 Å². The Labute approximate surface area is 108 Å². The second-order valence-electron chi connectivity index (χ2n) is 4.39. The Kier molecular flexibility index (Phi) is 6.22. The van der Waals surface area contributed by atoms with Gasteiger partial charge >= 0.3 is 0 Å². The van der Waals surface area contributed by atoms with Crippen molar-refractivity contribution in [3.63, 3.8) is 0 Å². The number of halogens is 1. The summed E-state index contributed by atoms with van der Waals surface area (Å²) in [5.74, 6) is 1.43. The van der Waals surface area contributed by atoms with Gasteiger partial charge in [0.2, 0.25) is 5.28 Å². The monoisotopic (exact) mass is 257 g/mol. The van der Waals surface area contributed by atoms with Gasteiger partial charge in [-0.15, -0.1) is 0 Å². The molecule has 4 nitrogen and oxygen atoms in total. The molecule has 1 rings (SSSR count). The first-order valence-electron chi connectivity index (χ1n) is 5.90. The van der Waals surface area contributed by atoms with Gasteiger partial charge in [0, 0.05) is 24.9 Å². The number of ether oxygens (including phenoxy) is 1. The molecule has 0 unspecified atom stereocenters. The first kappa shape index (κ1) is 14.2. The minimum Gasteiger partial charge on any atom is -0.380 e. The van der Waals surface area contributed by atoms with Crippen LogP contribution in [0, 0.1) is 12.8 Å². The molecule has 0 saturated carbocycles. The molecular formula is C12H20ClN3O. The van der Waals surface area contributed by atoms with Gasteiger partial charge in [-0.1, -0.05) is 13.8 Å².